The molecule has 0 aliphatic heterocycles. The lowest BCUT2D eigenvalue weighted by Gasteiger charge is -2.13. The minimum Gasteiger partial charge on any atom is -0.493 e. The molecule has 0 aliphatic rings. The van der Waals surface area contributed by atoms with Crippen LogP contribution in [0.3, 0.4) is 0 Å². The van der Waals surface area contributed by atoms with Crippen molar-refractivity contribution >= 4 is 6.29 Å². The van der Waals surface area contributed by atoms with E-state index in [9.17, 15) is 4.79 Å². The van der Waals surface area contributed by atoms with Crippen LogP contribution in [0.4, 0.5) is 0 Å². The van der Waals surface area contributed by atoms with Crippen molar-refractivity contribution in [1.82, 2.24) is 0 Å². The average molecular weight is 258 g/mol. The number of para-hydroxylation sites is 1. The van der Waals surface area contributed by atoms with Gasteiger partial charge in [0.2, 0.25) is 5.75 Å². The van der Waals surface area contributed by atoms with Gasteiger partial charge in [-0.2, -0.15) is 0 Å². The average Bonchev–Trinajstić information content (AvgIpc) is 2.48. The van der Waals surface area contributed by atoms with Crippen LogP contribution >= 0.6 is 0 Å². The molecule has 0 atom stereocenters. The molecule has 0 radical (unpaired) electrons. The van der Waals surface area contributed by atoms with Crippen molar-refractivity contribution in [3.8, 4) is 23.0 Å². The molecule has 0 unspecified atom stereocenters. The molecule has 0 saturated heterocycles. The highest BCUT2D eigenvalue weighted by Gasteiger charge is 2.12. The van der Waals surface area contributed by atoms with Crippen LogP contribution in [-0.4, -0.2) is 20.5 Å². The highest BCUT2D eigenvalue weighted by molar-refractivity contribution is 5.74. The van der Waals surface area contributed by atoms with E-state index in [0.29, 0.717) is 28.6 Å². The molecule has 4 heteroatoms. The Bertz CT molecular complexity index is 539. The van der Waals surface area contributed by atoms with Crippen molar-refractivity contribution in [2.45, 2.75) is 0 Å². The Hall–Kier alpha value is -2.49. The van der Waals surface area contributed by atoms with Gasteiger partial charge in [0.25, 0.3) is 0 Å². The number of hydrogen-bond donors (Lipinski definition) is 0. The number of benzene rings is 2. The number of methoxy groups -OCH3 is 2. The first-order valence-corrected chi connectivity index (χ1v) is 5.72. The highest BCUT2D eigenvalue weighted by atomic mass is 16.5. The lowest BCUT2D eigenvalue weighted by Crippen LogP contribution is -1.94. The van der Waals surface area contributed by atoms with E-state index in [1.807, 2.05) is 6.07 Å². The van der Waals surface area contributed by atoms with E-state index in [2.05, 4.69) is 0 Å². The van der Waals surface area contributed by atoms with Gasteiger partial charge >= 0.3 is 0 Å². The summed E-state index contributed by atoms with van der Waals surface area (Å²) in [5.74, 6) is 2.28. The zero-order valence-corrected chi connectivity index (χ0v) is 10.8. The largest absolute Gasteiger partial charge is 0.493 e. The third kappa shape index (κ3) is 2.85. The Morgan fingerprint density at radius 2 is 1.47 bits per heavy atom. The molecular formula is C15H14O4. The molecule has 0 heterocycles. The molecule has 0 N–H and O–H groups in total. The fourth-order valence-electron chi connectivity index (χ4n) is 1.65. The molecule has 2 rings (SSSR count). The number of rotatable bonds is 5. The molecule has 0 spiro atoms. The van der Waals surface area contributed by atoms with Crippen LogP contribution in [0.2, 0.25) is 0 Å². The Kier molecular flexibility index (Phi) is 4.03. The smallest absolute Gasteiger partial charge is 0.210 e. The summed E-state index contributed by atoms with van der Waals surface area (Å²) in [4.78, 5) is 10.6. The van der Waals surface area contributed by atoms with Crippen LogP contribution in [0.25, 0.3) is 0 Å². The first-order chi connectivity index (χ1) is 9.28. The zero-order valence-electron chi connectivity index (χ0n) is 10.8. The normalized spacial score (nSPS) is 9.79. The van der Waals surface area contributed by atoms with Gasteiger partial charge in [-0.1, -0.05) is 6.07 Å². The van der Waals surface area contributed by atoms with E-state index in [0.717, 1.165) is 6.29 Å². The number of ether oxygens (including phenoxy) is 3. The summed E-state index contributed by atoms with van der Waals surface area (Å²) >= 11 is 0. The second-order valence-electron chi connectivity index (χ2n) is 3.78. The fraction of sp³-hybridized carbons (Fsp3) is 0.133. The monoisotopic (exact) mass is 258 g/mol. The maximum atomic E-state index is 10.6. The Morgan fingerprint density at radius 3 is 1.95 bits per heavy atom. The summed E-state index contributed by atoms with van der Waals surface area (Å²) in [6.07, 6.45) is 0.785. The third-order valence-electron chi connectivity index (χ3n) is 2.62. The Balaban J connectivity index is 2.33. The molecule has 0 aromatic heterocycles. The Morgan fingerprint density at radius 1 is 0.895 bits per heavy atom. The third-order valence-corrected chi connectivity index (χ3v) is 2.62. The van der Waals surface area contributed by atoms with Gasteiger partial charge in [0.05, 0.1) is 14.2 Å². The predicted molar refractivity (Wildman–Crippen MR) is 71.4 cm³/mol. The van der Waals surface area contributed by atoms with E-state index in [1.54, 1.807) is 50.6 Å². The van der Waals surface area contributed by atoms with E-state index < -0.39 is 0 Å². The molecular weight excluding hydrogens is 244 g/mol. The van der Waals surface area contributed by atoms with Crippen molar-refractivity contribution in [2.24, 2.45) is 0 Å². The molecule has 0 amide bonds. The van der Waals surface area contributed by atoms with Crippen molar-refractivity contribution < 1.29 is 19.0 Å². The molecule has 4 nitrogen and oxygen atoms in total. The number of carbonyl (C=O) groups is 1. The summed E-state index contributed by atoms with van der Waals surface area (Å²) in [6, 6.07) is 12.2. The number of hydrogen-bond acceptors (Lipinski definition) is 4. The first kappa shape index (κ1) is 13.0. The van der Waals surface area contributed by atoms with Gasteiger partial charge in [0.15, 0.2) is 11.5 Å². The molecule has 0 aliphatic carbocycles. The fourth-order valence-corrected chi connectivity index (χ4v) is 1.65. The molecule has 98 valence electrons. The van der Waals surface area contributed by atoms with Gasteiger partial charge in [-0.25, -0.2) is 0 Å². The Labute approximate surface area is 111 Å². The lowest BCUT2D eigenvalue weighted by molar-refractivity contribution is 0.112. The maximum absolute atomic E-state index is 10.6. The highest BCUT2D eigenvalue weighted by Crippen LogP contribution is 2.39. The second kappa shape index (κ2) is 5.91. The van der Waals surface area contributed by atoms with Crippen LogP contribution in [0, 0.1) is 0 Å². The minimum atomic E-state index is 0.506. The number of carbonyl (C=O) groups excluding carboxylic acids is 1. The van der Waals surface area contributed by atoms with Crippen molar-refractivity contribution in [3.63, 3.8) is 0 Å². The van der Waals surface area contributed by atoms with Crippen LogP contribution in [0.5, 0.6) is 23.0 Å². The zero-order chi connectivity index (χ0) is 13.7. The van der Waals surface area contributed by atoms with Gasteiger partial charge in [0.1, 0.15) is 12.0 Å². The van der Waals surface area contributed by atoms with Gasteiger partial charge in [-0.15, -0.1) is 0 Å². The minimum absolute atomic E-state index is 0.506. The van der Waals surface area contributed by atoms with Crippen molar-refractivity contribution in [3.05, 3.63) is 48.0 Å². The van der Waals surface area contributed by atoms with Crippen LogP contribution in [0.1, 0.15) is 10.4 Å². The molecule has 2 aromatic carbocycles. The standard InChI is InChI=1S/C15H14O4/c1-17-13-4-3-5-14(18-2)15(13)19-12-8-6-11(10-16)7-9-12/h3-10H,1-2H3. The molecule has 19 heavy (non-hydrogen) atoms. The summed E-state index contributed by atoms with van der Waals surface area (Å²) in [5.41, 5.74) is 0.597. The summed E-state index contributed by atoms with van der Waals surface area (Å²) in [6.45, 7) is 0. The van der Waals surface area contributed by atoms with Crippen molar-refractivity contribution in [1.29, 1.82) is 0 Å². The summed E-state index contributed by atoms with van der Waals surface area (Å²) < 4.78 is 16.2. The maximum Gasteiger partial charge on any atom is 0.210 e. The summed E-state index contributed by atoms with van der Waals surface area (Å²) in [5, 5.41) is 0. The van der Waals surface area contributed by atoms with Crippen LogP contribution in [0.15, 0.2) is 42.5 Å². The quantitative estimate of drug-likeness (QED) is 0.772. The van der Waals surface area contributed by atoms with Crippen LogP contribution in [-0.2, 0) is 0 Å². The first-order valence-electron chi connectivity index (χ1n) is 5.72. The van der Waals surface area contributed by atoms with Crippen LogP contribution < -0.4 is 14.2 Å². The van der Waals surface area contributed by atoms with E-state index in [-0.39, 0.29) is 0 Å². The topological polar surface area (TPSA) is 44.8 Å². The van der Waals surface area contributed by atoms with Crippen molar-refractivity contribution in [2.75, 3.05) is 14.2 Å². The van der Waals surface area contributed by atoms with E-state index >= 15 is 0 Å². The van der Waals surface area contributed by atoms with E-state index in [4.69, 9.17) is 14.2 Å². The second-order valence-corrected chi connectivity index (χ2v) is 3.78. The lowest BCUT2D eigenvalue weighted by atomic mass is 10.2. The van der Waals surface area contributed by atoms with Gasteiger partial charge in [0, 0.05) is 5.56 Å². The number of aldehydes is 1. The molecule has 0 fully saturated rings. The van der Waals surface area contributed by atoms with Gasteiger partial charge < -0.3 is 14.2 Å². The van der Waals surface area contributed by atoms with Gasteiger partial charge in [-0.05, 0) is 36.4 Å². The molecule has 0 bridgehead atoms. The molecule has 2 aromatic rings. The van der Waals surface area contributed by atoms with E-state index in [1.165, 1.54) is 0 Å². The molecule has 0 saturated carbocycles. The predicted octanol–water partition coefficient (Wildman–Crippen LogP) is 3.31. The summed E-state index contributed by atoms with van der Waals surface area (Å²) in [7, 11) is 3.13. The SMILES string of the molecule is COc1cccc(OC)c1Oc1ccc(C=O)cc1. The van der Waals surface area contributed by atoms with Gasteiger partial charge in [-0.3, -0.25) is 4.79 Å².